The van der Waals surface area contributed by atoms with E-state index in [1.165, 1.54) is 0 Å². The number of carbonyl (C=O) groups is 2. The first-order valence-corrected chi connectivity index (χ1v) is 9.93. The second kappa shape index (κ2) is 8.91. The van der Waals surface area contributed by atoms with Crippen LogP contribution in [-0.4, -0.2) is 41.0 Å². The molecular formula is C23H28N2O3. The van der Waals surface area contributed by atoms with Gasteiger partial charge in [0.15, 0.2) is 0 Å². The molecule has 1 heterocycles. The van der Waals surface area contributed by atoms with Gasteiger partial charge < -0.3 is 15.3 Å². The van der Waals surface area contributed by atoms with Crippen LogP contribution in [0.15, 0.2) is 48.5 Å². The predicted molar refractivity (Wildman–Crippen MR) is 109 cm³/mol. The minimum Gasteiger partial charge on any atom is -0.507 e. The number of phenolic OH excluding ortho intramolecular Hbond substituents is 1. The minimum absolute atomic E-state index is 0.00765. The van der Waals surface area contributed by atoms with Crippen LogP contribution in [-0.2, 0) is 4.79 Å². The van der Waals surface area contributed by atoms with Crippen LogP contribution in [0.2, 0.25) is 0 Å². The van der Waals surface area contributed by atoms with Crippen LogP contribution in [0.25, 0.3) is 0 Å². The lowest BCUT2D eigenvalue weighted by Crippen LogP contribution is -2.47. The molecule has 1 atom stereocenters. The van der Waals surface area contributed by atoms with E-state index in [1.54, 1.807) is 18.2 Å². The van der Waals surface area contributed by atoms with Crippen LogP contribution < -0.4 is 5.32 Å². The standard InChI is InChI=1S/C23H28N2O3/c1-3-19(17-7-5-4-6-8-17)23(28)25-13-11-18(12-14-25)24-22(27)20-15-16(2)9-10-21(20)26/h4-10,15,18-19,26H,3,11-14H2,1-2H3,(H,24,27). The van der Waals surface area contributed by atoms with Crippen molar-refractivity contribution < 1.29 is 14.7 Å². The molecule has 1 fully saturated rings. The molecule has 1 unspecified atom stereocenters. The van der Waals surface area contributed by atoms with Crippen LogP contribution >= 0.6 is 0 Å². The van der Waals surface area contributed by atoms with E-state index in [0.29, 0.717) is 18.7 Å². The highest BCUT2D eigenvalue weighted by Gasteiger charge is 2.29. The number of nitrogens with zero attached hydrogens (tertiary/aromatic N) is 1. The van der Waals surface area contributed by atoms with E-state index in [9.17, 15) is 14.7 Å². The second-order valence-electron chi connectivity index (χ2n) is 7.47. The van der Waals surface area contributed by atoms with Crippen molar-refractivity contribution in [1.29, 1.82) is 0 Å². The van der Waals surface area contributed by atoms with Crippen LogP contribution in [0.5, 0.6) is 5.75 Å². The number of likely N-dealkylation sites (tertiary alicyclic amines) is 1. The zero-order valence-electron chi connectivity index (χ0n) is 16.5. The molecule has 0 aromatic heterocycles. The van der Waals surface area contributed by atoms with Crippen molar-refractivity contribution in [3.63, 3.8) is 0 Å². The smallest absolute Gasteiger partial charge is 0.255 e. The van der Waals surface area contributed by atoms with Gasteiger partial charge in [0.1, 0.15) is 5.75 Å². The molecule has 148 valence electrons. The van der Waals surface area contributed by atoms with Crippen molar-refractivity contribution >= 4 is 11.8 Å². The van der Waals surface area contributed by atoms with Gasteiger partial charge in [-0.1, -0.05) is 48.9 Å². The van der Waals surface area contributed by atoms with Gasteiger partial charge in [-0.2, -0.15) is 0 Å². The van der Waals surface area contributed by atoms with Gasteiger partial charge in [0.25, 0.3) is 5.91 Å². The number of benzene rings is 2. The summed E-state index contributed by atoms with van der Waals surface area (Å²) >= 11 is 0. The molecule has 0 aliphatic carbocycles. The number of carbonyl (C=O) groups excluding carboxylic acids is 2. The Labute approximate surface area is 166 Å². The minimum atomic E-state index is -0.262. The molecule has 0 spiro atoms. The number of phenols is 1. The van der Waals surface area contributed by atoms with Gasteiger partial charge in [-0.15, -0.1) is 0 Å². The Morgan fingerprint density at radius 3 is 2.46 bits per heavy atom. The number of hydrogen-bond donors (Lipinski definition) is 2. The lowest BCUT2D eigenvalue weighted by atomic mass is 9.93. The van der Waals surface area contributed by atoms with Crippen molar-refractivity contribution in [2.24, 2.45) is 0 Å². The maximum atomic E-state index is 13.0. The van der Waals surface area contributed by atoms with E-state index >= 15 is 0 Å². The number of hydrogen-bond acceptors (Lipinski definition) is 3. The summed E-state index contributed by atoms with van der Waals surface area (Å²) in [4.78, 5) is 27.4. The van der Waals surface area contributed by atoms with Gasteiger partial charge in [0.05, 0.1) is 11.5 Å². The zero-order chi connectivity index (χ0) is 20.1. The average molecular weight is 380 g/mol. The molecule has 1 aliphatic heterocycles. The van der Waals surface area contributed by atoms with E-state index in [2.05, 4.69) is 5.32 Å². The Morgan fingerprint density at radius 1 is 1.14 bits per heavy atom. The lowest BCUT2D eigenvalue weighted by molar-refractivity contribution is -0.134. The van der Waals surface area contributed by atoms with Crippen molar-refractivity contribution in [2.75, 3.05) is 13.1 Å². The third kappa shape index (κ3) is 4.53. The third-order valence-electron chi connectivity index (χ3n) is 5.45. The van der Waals surface area contributed by atoms with Gasteiger partial charge in [-0.3, -0.25) is 9.59 Å². The van der Waals surface area contributed by atoms with E-state index in [1.807, 2.05) is 49.1 Å². The summed E-state index contributed by atoms with van der Waals surface area (Å²) in [6.45, 7) is 5.19. The number of rotatable bonds is 5. The highest BCUT2D eigenvalue weighted by Crippen LogP contribution is 2.24. The molecule has 3 rings (SSSR count). The molecule has 5 heteroatoms. The maximum Gasteiger partial charge on any atom is 0.255 e. The van der Waals surface area contributed by atoms with Gasteiger partial charge in [0, 0.05) is 19.1 Å². The largest absolute Gasteiger partial charge is 0.507 e. The van der Waals surface area contributed by atoms with Crippen LogP contribution in [0, 0.1) is 6.92 Å². The molecule has 0 saturated carbocycles. The normalized spacial score (nSPS) is 15.9. The first kappa shape index (κ1) is 19.9. The summed E-state index contributed by atoms with van der Waals surface area (Å²) in [5.74, 6) is -0.225. The number of nitrogens with one attached hydrogen (secondary N) is 1. The highest BCUT2D eigenvalue weighted by atomic mass is 16.3. The number of aryl methyl sites for hydroxylation is 1. The molecule has 2 N–H and O–H groups in total. The van der Waals surface area contributed by atoms with E-state index in [4.69, 9.17) is 0 Å². The molecular weight excluding hydrogens is 352 g/mol. The van der Waals surface area contributed by atoms with E-state index < -0.39 is 0 Å². The fourth-order valence-electron chi connectivity index (χ4n) is 3.80. The van der Waals surface area contributed by atoms with Crippen molar-refractivity contribution in [3.05, 3.63) is 65.2 Å². The van der Waals surface area contributed by atoms with Gasteiger partial charge in [-0.25, -0.2) is 0 Å². The zero-order valence-corrected chi connectivity index (χ0v) is 16.5. The topological polar surface area (TPSA) is 69.6 Å². The third-order valence-corrected chi connectivity index (χ3v) is 5.45. The first-order valence-electron chi connectivity index (χ1n) is 9.93. The summed E-state index contributed by atoms with van der Waals surface area (Å²) < 4.78 is 0. The van der Waals surface area contributed by atoms with Crippen molar-refractivity contribution in [2.45, 2.75) is 45.1 Å². The molecule has 1 aliphatic rings. The molecule has 0 bridgehead atoms. The summed E-state index contributed by atoms with van der Waals surface area (Å²) in [6, 6.07) is 14.9. The van der Waals surface area contributed by atoms with Gasteiger partial charge in [-0.05, 0) is 43.9 Å². The summed E-state index contributed by atoms with van der Waals surface area (Å²) in [5, 5.41) is 12.9. The highest BCUT2D eigenvalue weighted by molar-refractivity contribution is 5.97. The second-order valence-corrected chi connectivity index (χ2v) is 7.47. The fraction of sp³-hybridized carbons (Fsp3) is 0.391. The molecule has 2 aromatic rings. The molecule has 2 amide bonds. The molecule has 2 aromatic carbocycles. The van der Waals surface area contributed by atoms with E-state index in [0.717, 1.165) is 30.4 Å². The fourth-order valence-corrected chi connectivity index (χ4v) is 3.80. The van der Waals surface area contributed by atoms with Gasteiger partial charge >= 0.3 is 0 Å². The number of aromatic hydroxyl groups is 1. The Balaban J connectivity index is 1.57. The average Bonchev–Trinajstić information content (AvgIpc) is 2.71. The molecule has 28 heavy (non-hydrogen) atoms. The van der Waals surface area contributed by atoms with Crippen molar-refractivity contribution in [3.8, 4) is 5.75 Å². The van der Waals surface area contributed by atoms with Crippen LogP contribution in [0.3, 0.4) is 0 Å². The number of piperidine rings is 1. The van der Waals surface area contributed by atoms with Crippen molar-refractivity contribution in [1.82, 2.24) is 10.2 Å². The lowest BCUT2D eigenvalue weighted by Gasteiger charge is -2.34. The maximum absolute atomic E-state index is 13.0. The Bertz CT molecular complexity index is 827. The summed E-state index contributed by atoms with van der Waals surface area (Å²) in [6.07, 6.45) is 2.21. The van der Waals surface area contributed by atoms with E-state index in [-0.39, 0.29) is 29.5 Å². The SMILES string of the molecule is CCC(C(=O)N1CCC(NC(=O)c2cc(C)ccc2O)CC1)c1ccccc1. The predicted octanol–water partition coefficient (Wildman–Crippen LogP) is 3.62. The Kier molecular flexibility index (Phi) is 6.34. The number of amides is 2. The molecule has 0 radical (unpaired) electrons. The Hall–Kier alpha value is -2.82. The quantitative estimate of drug-likeness (QED) is 0.832. The monoisotopic (exact) mass is 380 g/mol. The summed E-state index contributed by atoms with van der Waals surface area (Å²) in [5.41, 5.74) is 2.28. The first-order chi connectivity index (χ1) is 13.5. The van der Waals surface area contributed by atoms with Gasteiger partial charge in [0.2, 0.25) is 5.91 Å². The Morgan fingerprint density at radius 2 is 1.82 bits per heavy atom. The molecule has 5 nitrogen and oxygen atoms in total. The summed E-state index contributed by atoms with van der Waals surface area (Å²) in [7, 11) is 0. The van der Waals surface area contributed by atoms with Crippen LogP contribution in [0.4, 0.5) is 0 Å². The molecule has 1 saturated heterocycles. The van der Waals surface area contributed by atoms with Crippen LogP contribution in [0.1, 0.15) is 53.6 Å².